The van der Waals surface area contributed by atoms with E-state index in [4.69, 9.17) is 0 Å². The molecule has 1 aliphatic heterocycles. The molecule has 0 fully saturated rings. The third-order valence-corrected chi connectivity index (χ3v) is 8.29. The lowest BCUT2D eigenvalue weighted by molar-refractivity contribution is -0.117. The highest BCUT2D eigenvalue weighted by atomic mass is 32.2. The number of benzene rings is 3. The van der Waals surface area contributed by atoms with Gasteiger partial charge in [0.25, 0.3) is 5.91 Å². The second-order valence-electron chi connectivity index (χ2n) is 8.50. The van der Waals surface area contributed by atoms with E-state index in [9.17, 15) is 18.0 Å². The summed E-state index contributed by atoms with van der Waals surface area (Å²) in [6, 6.07) is 20.8. The first-order valence-corrected chi connectivity index (χ1v) is 13.1. The second-order valence-corrected chi connectivity index (χ2v) is 10.4. The van der Waals surface area contributed by atoms with Crippen LogP contribution in [0.3, 0.4) is 0 Å². The second kappa shape index (κ2) is 10.0. The van der Waals surface area contributed by atoms with Crippen molar-refractivity contribution >= 4 is 27.5 Å². The molecule has 3 aromatic rings. The van der Waals surface area contributed by atoms with Crippen LogP contribution >= 0.6 is 0 Å². The number of anilines is 1. The van der Waals surface area contributed by atoms with E-state index in [0.29, 0.717) is 24.3 Å². The molecule has 0 aliphatic carbocycles. The summed E-state index contributed by atoms with van der Waals surface area (Å²) >= 11 is 0. The largest absolute Gasteiger partial charge is 0.324 e. The maximum atomic E-state index is 13.8. The van der Waals surface area contributed by atoms with Gasteiger partial charge >= 0.3 is 0 Å². The predicted octanol–water partition coefficient (Wildman–Crippen LogP) is 4.21. The lowest BCUT2D eigenvalue weighted by Gasteiger charge is -2.31. The van der Waals surface area contributed by atoms with Crippen molar-refractivity contribution in [2.75, 3.05) is 25.0 Å². The molecule has 0 unspecified atom stereocenters. The predicted molar refractivity (Wildman–Crippen MR) is 136 cm³/mol. The zero-order valence-electron chi connectivity index (χ0n) is 20.1. The summed E-state index contributed by atoms with van der Waals surface area (Å²) in [5.74, 6) is -0.641. The van der Waals surface area contributed by atoms with E-state index in [0.717, 1.165) is 16.7 Å². The summed E-state index contributed by atoms with van der Waals surface area (Å²) in [5.41, 5.74) is 3.71. The minimum atomic E-state index is -3.64. The minimum absolute atomic E-state index is 0.131. The monoisotopic (exact) mass is 491 g/mol. The van der Waals surface area contributed by atoms with Gasteiger partial charge < -0.3 is 10.2 Å². The minimum Gasteiger partial charge on any atom is -0.324 e. The van der Waals surface area contributed by atoms with Crippen molar-refractivity contribution in [3.05, 3.63) is 95.1 Å². The number of hydrogen-bond donors (Lipinski definition) is 1. The standard InChI is InChI=1S/C27H29N3O4S/c1-4-29(5-2)35(33,34)22-14-12-21(13-15-22)27(32)30-18-25(31)28-24-16-11-19(3)17-23(24)26(30)20-9-7-6-8-10-20/h6-17,26H,4-5,18H2,1-3H3,(H,28,31)/t26-/m1/s1. The Morgan fingerprint density at radius 2 is 1.66 bits per heavy atom. The number of rotatable bonds is 6. The van der Waals surface area contributed by atoms with E-state index in [1.165, 1.54) is 28.6 Å². The Labute approximate surface area is 206 Å². The zero-order chi connectivity index (χ0) is 25.2. The first-order valence-electron chi connectivity index (χ1n) is 11.6. The van der Waals surface area contributed by atoms with Gasteiger partial charge in [0.15, 0.2) is 0 Å². The SMILES string of the molecule is CCN(CC)S(=O)(=O)c1ccc(C(=O)N2CC(=O)Nc3ccc(C)cc3[C@H]2c2ccccc2)cc1. The molecule has 0 aromatic heterocycles. The van der Waals surface area contributed by atoms with Gasteiger partial charge in [-0.3, -0.25) is 9.59 Å². The third-order valence-electron chi connectivity index (χ3n) is 6.22. The molecule has 35 heavy (non-hydrogen) atoms. The highest BCUT2D eigenvalue weighted by Crippen LogP contribution is 2.37. The van der Waals surface area contributed by atoms with Crippen LogP contribution in [0.25, 0.3) is 0 Å². The van der Waals surface area contributed by atoms with Crippen LogP contribution in [-0.4, -0.2) is 49.1 Å². The molecule has 3 aromatic carbocycles. The van der Waals surface area contributed by atoms with Crippen LogP contribution in [0.4, 0.5) is 5.69 Å². The number of fused-ring (bicyclic) bond motifs is 1. The van der Waals surface area contributed by atoms with E-state index >= 15 is 0 Å². The number of hydrogen-bond acceptors (Lipinski definition) is 4. The Bertz CT molecular complexity index is 1330. The molecule has 0 radical (unpaired) electrons. The van der Waals surface area contributed by atoms with Crippen LogP contribution in [-0.2, 0) is 14.8 Å². The lowest BCUT2D eigenvalue weighted by atomic mass is 9.94. The lowest BCUT2D eigenvalue weighted by Crippen LogP contribution is -2.39. The summed E-state index contributed by atoms with van der Waals surface area (Å²) in [7, 11) is -3.64. The van der Waals surface area contributed by atoms with Gasteiger partial charge in [-0.15, -0.1) is 0 Å². The molecule has 4 rings (SSSR count). The van der Waals surface area contributed by atoms with Crippen LogP contribution in [0, 0.1) is 6.92 Å². The molecule has 1 heterocycles. The quantitative estimate of drug-likeness (QED) is 0.560. The molecule has 0 saturated carbocycles. The Morgan fingerprint density at radius 1 is 1.00 bits per heavy atom. The van der Waals surface area contributed by atoms with E-state index in [1.54, 1.807) is 18.7 Å². The average Bonchev–Trinajstić information content (AvgIpc) is 3.00. The first-order chi connectivity index (χ1) is 16.8. The fraction of sp³-hybridized carbons (Fsp3) is 0.259. The molecule has 1 aliphatic rings. The molecule has 182 valence electrons. The fourth-order valence-corrected chi connectivity index (χ4v) is 5.92. The smallest absolute Gasteiger partial charge is 0.255 e. The van der Waals surface area contributed by atoms with E-state index in [2.05, 4.69) is 5.32 Å². The van der Waals surface area contributed by atoms with Crippen LogP contribution in [0.1, 0.15) is 46.9 Å². The summed E-state index contributed by atoms with van der Waals surface area (Å²) in [6.07, 6.45) is 0. The number of nitrogens with zero attached hydrogens (tertiary/aromatic N) is 2. The van der Waals surface area contributed by atoms with Gasteiger partial charge in [0, 0.05) is 29.9 Å². The van der Waals surface area contributed by atoms with Crippen LogP contribution in [0.5, 0.6) is 0 Å². The van der Waals surface area contributed by atoms with Crippen LogP contribution < -0.4 is 5.32 Å². The molecule has 1 N–H and O–H groups in total. The Balaban J connectivity index is 1.77. The van der Waals surface area contributed by atoms with Crippen LogP contribution in [0.2, 0.25) is 0 Å². The molecule has 0 bridgehead atoms. The number of carbonyl (C=O) groups is 2. The van der Waals surface area contributed by atoms with Gasteiger partial charge in [-0.1, -0.05) is 61.9 Å². The van der Waals surface area contributed by atoms with Gasteiger partial charge in [0.05, 0.1) is 10.9 Å². The molecule has 7 nitrogen and oxygen atoms in total. The number of nitrogens with one attached hydrogen (secondary N) is 1. The third kappa shape index (κ3) is 4.85. The maximum absolute atomic E-state index is 13.8. The van der Waals surface area contributed by atoms with Gasteiger partial charge in [-0.25, -0.2) is 8.42 Å². The van der Waals surface area contributed by atoms with E-state index in [-0.39, 0.29) is 23.3 Å². The van der Waals surface area contributed by atoms with Gasteiger partial charge in [0.2, 0.25) is 15.9 Å². The Hall–Kier alpha value is -3.49. The summed E-state index contributed by atoms with van der Waals surface area (Å²) in [6.45, 7) is 6.13. The van der Waals surface area contributed by atoms with Crippen molar-refractivity contribution in [3.8, 4) is 0 Å². The summed E-state index contributed by atoms with van der Waals surface area (Å²) in [4.78, 5) is 28.2. The summed E-state index contributed by atoms with van der Waals surface area (Å²) in [5, 5.41) is 2.92. The van der Waals surface area contributed by atoms with Crippen molar-refractivity contribution in [1.29, 1.82) is 0 Å². The molecular formula is C27H29N3O4S. The van der Waals surface area contributed by atoms with Crippen LogP contribution in [0.15, 0.2) is 77.7 Å². The van der Waals surface area contributed by atoms with Gasteiger partial charge in [0.1, 0.15) is 6.54 Å². The Kier molecular flexibility index (Phi) is 7.05. The molecule has 0 spiro atoms. The number of carbonyl (C=O) groups excluding carboxylic acids is 2. The molecule has 8 heteroatoms. The van der Waals surface area contributed by atoms with Gasteiger partial charge in [-0.2, -0.15) is 4.31 Å². The zero-order valence-corrected chi connectivity index (χ0v) is 20.9. The number of amides is 2. The molecular weight excluding hydrogens is 462 g/mol. The average molecular weight is 492 g/mol. The van der Waals surface area contributed by atoms with E-state index in [1.807, 2.05) is 55.5 Å². The molecule has 0 saturated heterocycles. The highest BCUT2D eigenvalue weighted by molar-refractivity contribution is 7.89. The Morgan fingerprint density at radius 3 is 2.29 bits per heavy atom. The highest BCUT2D eigenvalue weighted by Gasteiger charge is 2.34. The van der Waals surface area contributed by atoms with E-state index < -0.39 is 16.1 Å². The first kappa shape index (κ1) is 24.6. The maximum Gasteiger partial charge on any atom is 0.255 e. The van der Waals surface area contributed by atoms with Crippen molar-refractivity contribution in [2.45, 2.75) is 31.7 Å². The number of sulfonamides is 1. The van der Waals surface area contributed by atoms with Gasteiger partial charge in [-0.05, 0) is 42.8 Å². The molecule has 1 atom stereocenters. The van der Waals surface area contributed by atoms with Crippen molar-refractivity contribution in [1.82, 2.24) is 9.21 Å². The summed E-state index contributed by atoms with van der Waals surface area (Å²) < 4.78 is 27.1. The van der Waals surface area contributed by atoms with Crippen molar-refractivity contribution in [3.63, 3.8) is 0 Å². The topological polar surface area (TPSA) is 86.8 Å². The normalized spacial score (nSPS) is 15.9. The number of aryl methyl sites for hydroxylation is 1. The molecule has 2 amide bonds. The van der Waals surface area contributed by atoms with Crippen molar-refractivity contribution < 1.29 is 18.0 Å². The fourth-order valence-electron chi connectivity index (χ4n) is 4.46. The van der Waals surface area contributed by atoms with Crippen molar-refractivity contribution in [2.24, 2.45) is 0 Å².